The highest BCUT2D eigenvalue weighted by Gasteiger charge is 2.49. The summed E-state index contributed by atoms with van der Waals surface area (Å²) >= 11 is 0. The van der Waals surface area contributed by atoms with Crippen molar-refractivity contribution >= 4 is 5.91 Å². The second-order valence-corrected chi connectivity index (χ2v) is 7.25. The van der Waals surface area contributed by atoms with Crippen molar-refractivity contribution in [1.29, 1.82) is 0 Å². The monoisotopic (exact) mass is 375 g/mol. The van der Waals surface area contributed by atoms with Gasteiger partial charge in [-0.15, -0.1) is 0 Å². The fraction of sp³-hybridized carbons (Fsp3) is 0.526. The van der Waals surface area contributed by atoms with E-state index in [-0.39, 0.29) is 17.4 Å². The minimum absolute atomic E-state index is 0.0436. The highest BCUT2D eigenvalue weighted by atomic mass is 19.1. The Morgan fingerprint density at radius 3 is 3.04 bits per heavy atom. The average Bonchev–Trinajstić information content (AvgIpc) is 3.07. The Morgan fingerprint density at radius 1 is 1.44 bits per heavy atom. The van der Waals surface area contributed by atoms with E-state index in [0.29, 0.717) is 43.7 Å². The number of carbonyl (C=O) groups is 1. The van der Waals surface area contributed by atoms with Crippen molar-refractivity contribution < 1.29 is 23.1 Å². The zero-order chi connectivity index (χ0) is 18.9. The maximum Gasteiger partial charge on any atom is 0.291 e. The summed E-state index contributed by atoms with van der Waals surface area (Å²) in [6, 6.07) is 2.87. The predicted octanol–water partition coefficient (Wildman–Crippen LogP) is 2.61. The molecule has 1 spiro atoms. The fourth-order valence-electron chi connectivity index (χ4n) is 3.84. The van der Waals surface area contributed by atoms with Gasteiger partial charge in [0.15, 0.2) is 12.2 Å². The van der Waals surface area contributed by atoms with Crippen molar-refractivity contribution in [2.75, 3.05) is 26.3 Å². The zero-order valence-electron chi connectivity index (χ0n) is 15.2. The summed E-state index contributed by atoms with van der Waals surface area (Å²) in [5.74, 6) is 0.159. The summed E-state index contributed by atoms with van der Waals surface area (Å²) in [7, 11) is 0. The number of likely N-dealkylation sites (tertiary alicyclic amines) is 1. The quantitative estimate of drug-likeness (QED) is 0.799. The molecular formula is C19H22FN3O4. The molecule has 0 bridgehead atoms. The molecule has 2 aromatic heterocycles. The molecule has 2 saturated heterocycles. The summed E-state index contributed by atoms with van der Waals surface area (Å²) < 4.78 is 30.2. The lowest BCUT2D eigenvalue weighted by molar-refractivity contribution is -0.167. The third-order valence-corrected chi connectivity index (χ3v) is 5.27. The van der Waals surface area contributed by atoms with Gasteiger partial charge in [0, 0.05) is 12.8 Å². The van der Waals surface area contributed by atoms with Crippen LogP contribution in [0.2, 0.25) is 0 Å². The third kappa shape index (κ3) is 3.66. The Hall–Kier alpha value is -2.48. The smallest absolute Gasteiger partial charge is 0.291 e. The number of halogens is 1. The standard InChI is InChI=1S/C19H22FN3O4/c1-13-16(26-12-22-13)18(24)23-10-19(11-23)9-14(5-8-27-19)4-7-25-17-15(20)3-2-6-21-17/h2-3,6,12,14H,4-5,7-11H2,1H3. The molecular weight excluding hydrogens is 353 g/mol. The maximum atomic E-state index is 13.5. The van der Waals surface area contributed by atoms with Crippen LogP contribution < -0.4 is 4.74 Å². The molecule has 1 amide bonds. The minimum atomic E-state index is -0.447. The lowest BCUT2D eigenvalue weighted by atomic mass is 9.79. The van der Waals surface area contributed by atoms with Crippen LogP contribution in [-0.2, 0) is 4.74 Å². The number of amides is 1. The van der Waals surface area contributed by atoms with E-state index in [4.69, 9.17) is 13.9 Å². The number of hydrogen-bond acceptors (Lipinski definition) is 6. The molecule has 0 N–H and O–H groups in total. The van der Waals surface area contributed by atoms with E-state index in [1.165, 1.54) is 24.7 Å². The van der Waals surface area contributed by atoms with E-state index in [1.807, 2.05) is 0 Å². The Morgan fingerprint density at radius 2 is 2.30 bits per heavy atom. The molecule has 144 valence electrons. The number of rotatable bonds is 5. The Bertz CT molecular complexity index is 819. The Kier molecular flexibility index (Phi) is 4.82. The van der Waals surface area contributed by atoms with Crippen LogP contribution in [0.1, 0.15) is 35.5 Å². The minimum Gasteiger partial charge on any atom is -0.476 e. The molecule has 2 fully saturated rings. The highest BCUT2D eigenvalue weighted by Crippen LogP contribution is 2.38. The topological polar surface area (TPSA) is 77.7 Å². The average molecular weight is 375 g/mol. The third-order valence-electron chi connectivity index (χ3n) is 5.27. The van der Waals surface area contributed by atoms with Crippen LogP contribution in [0.25, 0.3) is 0 Å². The van der Waals surface area contributed by atoms with Gasteiger partial charge in [-0.1, -0.05) is 0 Å². The molecule has 2 aromatic rings. The van der Waals surface area contributed by atoms with Crippen LogP contribution in [0.5, 0.6) is 5.88 Å². The molecule has 4 heterocycles. The van der Waals surface area contributed by atoms with E-state index in [1.54, 1.807) is 11.8 Å². The molecule has 1 atom stereocenters. The predicted molar refractivity (Wildman–Crippen MR) is 92.9 cm³/mol. The van der Waals surface area contributed by atoms with Crippen LogP contribution in [0.3, 0.4) is 0 Å². The lowest BCUT2D eigenvalue weighted by Crippen LogP contribution is -2.66. The van der Waals surface area contributed by atoms with Crippen LogP contribution >= 0.6 is 0 Å². The van der Waals surface area contributed by atoms with Crippen molar-refractivity contribution in [3.63, 3.8) is 0 Å². The van der Waals surface area contributed by atoms with Gasteiger partial charge in [0.05, 0.1) is 25.4 Å². The van der Waals surface area contributed by atoms with E-state index in [2.05, 4.69) is 9.97 Å². The number of nitrogens with zero attached hydrogens (tertiary/aromatic N) is 3. The van der Waals surface area contributed by atoms with E-state index in [9.17, 15) is 9.18 Å². The summed E-state index contributed by atoms with van der Waals surface area (Å²) in [5.41, 5.74) is 0.310. The second kappa shape index (κ2) is 7.26. The second-order valence-electron chi connectivity index (χ2n) is 7.25. The number of ether oxygens (including phenoxy) is 2. The normalized spacial score (nSPS) is 21.1. The Labute approximate surface area is 156 Å². The molecule has 2 aliphatic heterocycles. The van der Waals surface area contributed by atoms with Gasteiger partial charge in [-0.25, -0.2) is 14.4 Å². The summed E-state index contributed by atoms with van der Waals surface area (Å²) in [6.45, 7) is 3.93. The molecule has 27 heavy (non-hydrogen) atoms. The van der Waals surface area contributed by atoms with Gasteiger partial charge in [-0.2, -0.15) is 0 Å². The fourth-order valence-corrected chi connectivity index (χ4v) is 3.84. The first-order chi connectivity index (χ1) is 13.1. The SMILES string of the molecule is Cc1ncoc1C(=O)N1CC2(CC(CCOc3ncccc3F)CCO2)C1. The first-order valence-corrected chi connectivity index (χ1v) is 9.13. The number of oxazole rings is 1. The van der Waals surface area contributed by atoms with Crippen molar-refractivity contribution in [3.8, 4) is 5.88 Å². The molecule has 1 unspecified atom stereocenters. The van der Waals surface area contributed by atoms with Crippen molar-refractivity contribution in [1.82, 2.24) is 14.9 Å². The summed E-state index contributed by atoms with van der Waals surface area (Å²) in [6.07, 6.45) is 5.40. The van der Waals surface area contributed by atoms with Crippen LogP contribution in [0, 0.1) is 18.7 Å². The molecule has 0 aliphatic carbocycles. The van der Waals surface area contributed by atoms with Gasteiger partial charge >= 0.3 is 0 Å². The van der Waals surface area contributed by atoms with Gasteiger partial charge in [0.2, 0.25) is 11.6 Å². The van der Waals surface area contributed by atoms with Crippen LogP contribution in [0.4, 0.5) is 4.39 Å². The number of aromatic nitrogens is 2. The van der Waals surface area contributed by atoms with Gasteiger partial charge < -0.3 is 18.8 Å². The van der Waals surface area contributed by atoms with Crippen LogP contribution in [-0.4, -0.2) is 52.7 Å². The molecule has 8 heteroatoms. The van der Waals surface area contributed by atoms with E-state index in [0.717, 1.165) is 19.3 Å². The van der Waals surface area contributed by atoms with E-state index < -0.39 is 5.82 Å². The van der Waals surface area contributed by atoms with Crippen LogP contribution in [0.15, 0.2) is 29.1 Å². The largest absolute Gasteiger partial charge is 0.476 e. The van der Waals surface area contributed by atoms with Gasteiger partial charge in [0.25, 0.3) is 5.91 Å². The van der Waals surface area contributed by atoms with Crippen molar-refractivity contribution in [2.24, 2.45) is 5.92 Å². The molecule has 2 aliphatic rings. The number of aryl methyl sites for hydroxylation is 1. The number of carbonyl (C=O) groups excluding carboxylic acids is 1. The molecule has 4 rings (SSSR count). The van der Waals surface area contributed by atoms with Crippen molar-refractivity contribution in [3.05, 3.63) is 42.0 Å². The van der Waals surface area contributed by atoms with Gasteiger partial charge in [-0.05, 0) is 44.2 Å². The summed E-state index contributed by atoms with van der Waals surface area (Å²) in [5, 5.41) is 0. The molecule has 0 radical (unpaired) electrons. The summed E-state index contributed by atoms with van der Waals surface area (Å²) in [4.78, 5) is 22.0. The molecule has 0 saturated carbocycles. The van der Waals surface area contributed by atoms with Crippen molar-refractivity contribution in [2.45, 2.75) is 31.8 Å². The highest BCUT2D eigenvalue weighted by molar-refractivity contribution is 5.93. The number of pyridine rings is 1. The lowest BCUT2D eigenvalue weighted by Gasteiger charge is -2.53. The zero-order valence-corrected chi connectivity index (χ0v) is 15.2. The molecule has 0 aromatic carbocycles. The van der Waals surface area contributed by atoms with Gasteiger partial charge in [0.1, 0.15) is 5.60 Å². The number of hydrogen-bond donors (Lipinski definition) is 0. The van der Waals surface area contributed by atoms with Gasteiger partial charge in [-0.3, -0.25) is 4.79 Å². The first-order valence-electron chi connectivity index (χ1n) is 9.13. The Balaban J connectivity index is 1.27. The first kappa shape index (κ1) is 17.9. The molecule has 7 nitrogen and oxygen atoms in total. The van der Waals surface area contributed by atoms with E-state index >= 15 is 0 Å². The maximum absolute atomic E-state index is 13.5.